The van der Waals surface area contributed by atoms with E-state index in [2.05, 4.69) is 36.6 Å². The molecule has 1 heterocycles. The Bertz CT molecular complexity index is 680. The standard InChI is InChI=1S/C12H12BrN5O2/c1-6-2-3-7(4-9(6)13)12(19)16-11-8(5-15-17-11)10(14)18-20/h2-5,20H,1H3,(H2,14,18)(H2,15,16,17,19). The summed E-state index contributed by atoms with van der Waals surface area (Å²) < 4.78 is 0.839. The van der Waals surface area contributed by atoms with Crippen molar-refractivity contribution >= 4 is 33.5 Å². The maximum atomic E-state index is 12.1. The highest BCUT2D eigenvalue weighted by Crippen LogP contribution is 2.19. The van der Waals surface area contributed by atoms with Gasteiger partial charge >= 0.3 is 0 Å². The number of amidine groups is 1. The largest absolute Gasteiger partial charge is 0.409 e. The second-order valence-electron chi connectivity index (χ2n) is 4.06. The summed E-state index contributed by atoms with van der Waals surface area (Å²) >= 11 is 3.37. The van der Waals surface area contributed by atoms with Gasteiger partial charge in [-0.25, -0.2) is 0 Å². The van der Waals surface area contributed by atoms with Crippen LogP contribution in [-0.4, -0.2) is 27.1 Å². The Balaban J connectivity index is 2.24. The first kappa shape index (κ1) is 14.1. The summed E-state index contributed by atoms with van der Waals surface area (Å²) in [5.41, 5.74) is 7.29. The van der Waals surface area contributed by atoms with Gasteiger partial charge in [0.25, 0.3) is 5.91 Å². The number of anilines is 1. The number of aromatic amines is 1. The van der Waals surface area contributed by atoms with Crippen molar-refractivity contribution < 1.29 is 10.0 Å². The molecular formula is C12H12BrN5O2. The molecule has 5 N–H and O–H groups in total. The van der Waals surface area contributed by atoms with Crippen LogP contribution in [0, 0.1) is 6.92 Å². The van der Waals surface area contributed by atoms with Gasteiger partial charge in [-0.05, 0) is 24.6 Å². The third-order valence-corrected chi connectivity index (χ3v) is 3.55. The van der Waals surface area contributed by atoms with Crippen LogP contribution in [0.15, 0.2) is 34.0 Å². The van der Waals surface area contributed by atoms with Crippen molar-refractivity contribution in [1.82, 2.24) is 10.2 Å². The summed E-state index contributed by atoms with van der Waals surface area (Å²) in [5, 5.41) is 20.5. The summed E-state index contributed by atoms with van der Waals surface area (Å²) in [6, 6.07) is 5.25. The molecule has 0 bridgehead atoms. The van der Waals surface area contributed by atoms with Gasteiger partial charge in [-0.15, -0.1) is 0 Å². The van der Waals surface area contributed by atoms with Crippen LogP contribution in [0.5, 0.6) is 0 Å². The molecule has 2 aromatic rings. The number of nitrogens with two attached hydrogens (primary N) is 1. The molecule has 0 fully saturated rings. The smallest absolute Gasteiger partial charge is 0.256 e. The maximum absolute atomic E-state index is 12.1. The van der Waals surface area contributed by atoms with Crippen molar-refractivity contribution in [2.24, 2.45) is 10.9 Å². The Morgan fingerprint density at radius 1 is 1.55 bits per heavy atom. The molecule has 20 heavy (non-hydrogen) atoms. The van der Waals surface area contributed by atoms with Gasteiger partial charge in [-0.1, -0.05) is 27.2 Å². The monoisotopic (exact) mass is 337 g/mol. The normalized spacial score (nSPS) is 11.4. The van der Waals surface area contributed by atoms with E-state index in [1.807, 2.05) is 13.0 Å². The van der Waals surface area contributed by atoms with Crippen molar-refractivity contribution in [2.45, 2.75) is 6.92 Å². The minimum atomic E-state index is -0.332. The molecular weight excluding hydrogens is 326 g/mol. The van der Waals surface area contributed by atoms with Crippen LogP contribution in [-0.2, 0) is 0 Å². The average Bonchev–Trinajstić information content (AvgIpc) is 2.89. The number of rotatable bonds is 3. The second kappa shape index (κ2) is 5.74. The van der Waals surface area contributed by atoms with E-state index in [4.69, 9.17) is 10.9 Å². The lowest BCUT2D eigenvalue weighted by Crippen LogP contribution is -2.18. The lowest BCUT2D eigenvalue weighted by Gasteiger charge is -2.06. The summed E-state index contributed by atoms with van der Waals surface area (Å²) in [4.78, 5) is 12.1. The third kappa shape index (κ3) is 2.80. The number of nitrogens with zero attached hydrogens (tertiary/aromatic N) is 2. The molecule has 0 aliphatic rings. The third-order valence-electron chi connectivity index (χ3n) is 2.70. The van der Waals surface area contributed by atoms with Crippen LogP contribution < -0.4 is 11.1 Å². The van der Waals surface area contributed by atoms with Crippen LogP contribution in [0.4, 0.5) is 5.82 Å². The molecule has 0 aliphatic heterocycles. The van der Waals surface area contributed by atoms with E-state index >= 15 is 0 Å². The molecule has 2 rings (SSSR count). The number of carbonyl (C=O) groups excluding carboxylic acids is 1. The zero-order valence-corrected chi connectivity index (χ0v) is 12.1. The second-order valence-corrected chi connectivity index (χ2v) is 4.92. The Morgan fingerprint density at radius 2 is 2.30 bits per heavy atom. The number of aryl methyl sites for hydroxylation is 1. The number of carbonyl (C=O) groups is 1. The Morgan fingerprint density at radius 3 is 2.95 bits per heavy atom. The fraction of sp³-hybridized carbons (Fsp3) is 0.0833. The van der Waals surface area contributed by atoms with Crippen molar-refractivity contribution in [3.8, 4) is 0 Å². The molecule has 0 spiro atoms. The van der Waals surface area contributed by atoms with Crippen molar-refractivity contribution in [2.75, 3.05) is 5.32 Å². The lowest BCUT2D eigenvalue weighted by atomic mass is 10.1. The maximum Gasteiger partial charge on any atom is 0.256 e. The molecule has 0 aliphatic carbocycles. The van der Waals surface area contributed by atoms with Crippen LogP contribution in [0.25, 0.3) is 0 Å². The van der Waals surface area contributed by atoms with E-state index in [9.17, 15) is 4.79 Å². The molecule has 0 saturated carbocycles. The zero-order chi connectivity index (χ0) is 14.7. The average molecular weight is 338 g/mol. The van der Waals surface area contributed by atoms with E-state index in [-0.39, 0.29) is 17.6 Å². The number of benzene rings is 1. The van der Waals surface area contributed by atoms with Gasteiger partial charge in [0.15, 0.2) is 5.84 Å². The van der Waals surface area contributed by atoms with Gasteiger partial charge < -0.3 is 16.3 Å². The number of hydrogen-bond donors (Lipinski definition) is 4. The number of hydrogen-bond acceptors (Lipinski definition) is 4. The molecule has 8 heteroatoms. The molecule has 104 valence electrons. The fourth-order valence-electron chi connectivity index (χ4n) is 1.55. The first-order valence-electron chi connectivity index (χ1n) is 5.61. The number of halogens is 1. The van der Waals surface area contributed by atoms with Gasteiger partial charge in [0.1, 0.15) is 5.82 Å². The molecule has 1 aromatic heterocycles. The van der Waals surface area contributed by atoms with E-state index in [1.165, 1.54) is 6.20 Å². The summed E-state index contributed by atoms with van der Waals surface area (Å²) in [7, 11) is 0. The quantitative estimate of drug-likeness (QED) is 0.296. The van der Waals surface area contributed by atoms with Crippen LogP contribution in [0.3, 0.4) is 0 Å². The van der Waals surface area contributed by atoms with E-state index in [1.54, 1.807) is 12.1 Å². The molecule has 1 amide bonds. The predicted molar refractivity (Wildman–Crippen MR) is 77.9 cm³/mol. The molecule has 1 aromatic carbocycles. The highest BCUT2D eigenvalue weighted by atomic mass is 79.9. The molecule has 0 saturated heterocycles. The number of aromatic nitrogens is 2. The van der Waals surface area contributed by atoms with Gasteiger partial charge in [-0.3, -0.25) is 9.89 Å². The minimum absolute atomic E-state index is 0.140. The Hall–Kier alpha value is -2.35. The van der Waals surface area contributed by atoms with E-state index < -0.39 is 0 Å². The van der Waals surface area contributed by atoms with Gasteiger partial charge in [0.05, 0.1) is 11.8 Å². The van der Waals surface area contributed by atoms with Crippen LogP contribution in [0.1, 0.15) is 21.5 Å². The zero-order valence-electron chi connectivity index (χ0n) is 10.5. The number of H-pyrrole nitrogens is 1. The highest BCUT2D eigenvalue weighted by molar-refractivity contribution is 9.10. The molecule has 0 radical (unpaired) electrons. The first-order chi connectivity index (χ1) is 9.52. The molecule has 0 unspecified atom stereocenters. The Kier molecular flexibility index (Phi) is 4.04. The number of nitrogens with one attached hydrogen (secondary N) is 2. The summed E-state index contributed by atoms with van der Waals surface area (Å²) in [5.74, 6) is -0.205. The van der Waals surface area contributed by atoms with Gasteiger partial charge in [-0.2, -0.15) is 5.10 Å². The van der Waals surface area contributed by atoms with Crippen molar-refractivity contribution in [3.05, 3.63) is 45.6 Å². The Labute approximate surface area is 123 Å². The topological polar surface area (TPSA) is 116 Å². The van der Waals surface area contributed by atoms with E-state index in [0.717, 1.165) is 10.0 Å². The van der Waals surface area contributed by atoms with Crippen LogP contribution >= 0.6 is 15.9 Å². The van der Waals surface area contributed by atoms with Crippen LogP contribution in [0.2, 0.25) is 0 Å². The fourth-order valence-corrected chi connectivity index (χ4v) is 1.93. The van der Waals surface area contributed by atoms with Gasteiger partial charge in [0.2, 0.25) is 0 Å². The highest BCUT2D eigenvalue weighted by Gasteiger charge is 2.14. The minimum Gasteiger partial charge on any atom is -0.409 e. The number of oxime groups is 1. The van der Waals surface area contributed by atoms with E-state index in [0.29, 0.717) is 11.1 Å². The molecule has 0 atom stereocenters. The van der Waals surface area contributed by atoms with Gasteiger partial charge in [0, 0.05) is 10.0 Å². The van der Waals surface area contributed by atoms with Crippen molar-refractivity contribution in [3.63, 3.8) is 0 Å². The lowest BCUT2D eigenvalue weighted by molar-refractivity contribution is 0.102. The SMILES string of the molecule is Cc1ccc(C(=O)Nc2[nH]ncc2/C(N)=N/O)cc1Br. The number of amides is 1. The summed E-state index contributed by atoms with van der Waals surface area (Å²) in [6.45, 7) is 1.93. The first-order valence-corrected chi connectivity index (χ1v) is 6.41. The molecule has 7 nitrogen and oxygen atoms in total. The van der Waals surface area contributed by atoms with Crippen molar-refractivity contribution in [1.29, 1.82) is 0 Å². The summed E-state index contributed by atoms with van der Waals surface area (Å²) in [6.07, 6.45) is 1.36. The predicted octanol–water partition coefficient (Wildman–Crippen LogP) is 1.83.